The molecule has 0 aromatic carbocycles. The van der Waals surface area contributed by atoms with E-state index in [0.717, 1.165) is 17.8 Å². The van der Waals surface area contributed by atoms with Crippen LogP contribution in [0.15, 0.2) is 44.7 Å². The van der Waals surface area contributed by atoms with Crippen LogP contribution >= 0.6 is 10.6 Å². The summed E-state index contributed by atoms with van der Waals surface area (Å²) in [6, 6.07) is 1.91. The Kier molecular flexibility index (Phi) is 5.36. The van der Waals surface area contributed by atoms with Crippen LogP contribution < -0.4 is 5.56 Å². The van der Waals surface area contributed by atoms with Gasteiger partial charge in [-0.2, -0.15) is 15.7 Å². The van der Waals surface area contributed by atoms with Crippen molar-refractivity contribution in [1.82, 2.24) is 24.9 Å². The van der Waals surface area contributed by atoms with Crippen LogP contribution in [0.4, 0.5) is 5.82 Å². The minimum Gasteiger partial charge on any atom is -0.377 e. The Morgan fingerprint density at radius 2 is 2.19 bits per heavy atom. The maximum absolute atomic E-state index is 13.2. The number of morpholine rings is 1. The predicted molar refractivity (Wildman–Crippen MR) is 124 cm³/mol. The zero-order valence-corrected chi connectivity index (χ0v) is 18.9. The Bertz CT molecular complexity index is 1150. The molecular formula is C21H28N6O4S. The normalized spacial score (nSPS) is 24.5. The third-order valence-electron chi connectivity index (χ3n) is 6.31. The molecule has 10 nitrogen and oxygen atoms in total. The van der Waals surface area contributed by atoms with Gasteiger partial charge in [0.1, 0.15) is 11.7 Å². The van der Waals surface area contributed by atoms with Crippen molar-refractivity contribution in [1.29, 1.82) is 0 Å². The molecule has 0 bridgehead atoms. The molecule has 2 aliphatic heterocycles. The Balaban J connectivity index is 1.70. The largest absolute Gasteiger partial charge is 0.377 e. The molecule has 1 aliphatic carbocycles. The smallest absolute Gasteiger partial charge is 0.270 e. The van der Waals surface area contributed by atoms with Crippen molar-refractivity contribution in [2.45, 2.75) is 38.1 Å². The van der Waals surface area contributed by atoms with Gasteiger partial charge in [-0.3, -0.25) is 24.1 Å². The minimum atomic E-state index is -2.91. The molecule has 172 valence electrons. The number of ether oxygens (including phenoxy) is 1. The summed E-state index contributed by atoms with van der Waals surface area (Å²) in [6.07, 6.45) is 8.88. The minimum absolute atomic E-state index is 0.151. The summed E-state index contributed by atoms with van der Waals surface area (Å²) >= 11 is 0. The third kappa shape index (κ3) is 3.64. The second kappa shape index (κ2) is 8.07. The molecule has 1 saturated heterocycles. The lowest BCUT2D eigenvalue weighted by Crippen LogP contribution is -2.48. The molecule has 0 saturated carbocycles. The van der Waals surface area contributed by atoms with Gasteiger partial charge in [0, 0.05) is 36.1 Å². The summed E-state index contributed by atoms with van der Waals surface area (Å²) in [4.78, 5) is 20.9. The van der Waals surface area contributed by atoms with Gasteiger partial charge in [-0.15, -0.1) is 0 Å². The van der Waals surface area contributed by atoms with Gasteiger partial charge in [-0.05, 0) is 25.3 Å². The Morgan fingerprint density at radius 3 is 2.91 bits per heavy atom. The van der Waals surface area contributed by atoms with Crippen LogP contribution in [0, 0.1) is 0 Å². The number of hydrogen-bond acceptors (Lipinski definition) is 7. The lowest BCUT2D eigenvalue weighted by Gasteiger charge is -2.40. The zero-order valence-electron chi connectivity index (χ0n) is 18.1. The standard InChI is InChI=1S/C21H28N6O4S/c1-13-12-31-10-9-26(13)18-11-15(14-5-3-4-6-16(14)32(2,29)30)19-20(23-18)27(25-21(19)28)17-7-8-22-24-17/h3,5,7-8,13,15,29-30H,4,6,9-12H2,1-2H3,(H,22,24)(H,25,28)/t13-,15?/m1/s1. The number of aliphatic imine (C=N–C) groups is 1. The van der Waals surface area contributed by atoms with Crippen LogP contribution in [0.5, 0.6) is 0 Å². The number of amidine groups is 1. The molecule has 11 heteroatoms. The Labute approximate surface area is 187 Å². The van der Waals surface area contributed by atoms with Gasteiger partial charge in [0.15, 0.2) is 5.82 Å². The third-order valence-corrected chi connectivity index (χ3v) is 7.68. The first-order chi connectivity index (χ1) is 15.3. The maximum atomic E-state index is 13.2. The molecule has 2 atom stereocenters. The van der Waals surface area contributed by atoms with Crippen molar-refractivity contribution in [2.24, 2.45) is 4.99 Å². The molecule has 3 aliphatic rings. The average molecular weight is 461 g/mol. The first kappa shape index (κ1) is 21.3. The number of hydrogen-bond donors (Lipinski definition) is 4. The Morgan fingerprint density at radius 1 is 1.34 bits per heavy atom. The van der Waals surface area contributed by atoms with Gasteiger partial charge in [0.05, 0.1) is 31.0 Å². The maximum Gasteiger partial charge on any atom is 0.270 e. The van der Waals surface area contributed by atoms with Crippen LogP contribution in [0.25, 0.3) is 5.82 Å². The molecule has 1 unspecified atom stereocenters. The molecule has 32 heavy (non-hydrogen) atoms. The van der Waals surface area contributed by atoms with Gasteiger partial charge in [0.2, 0.25) is 0 Å². The average Bonchev–Trinajstić information content (AvgIpc) is 3.41. The molecule has 2 aromatic heterocycles. The van der Waals surface area contributed by atoms with Crippen molar-refractivity contribution < 1.29 is 13.8 Å². The number of fused-ring (bicyclic) bond motifs is 1. The van der Waals surface area contributed by atoms with Crippen molar-refractivity contribution in [3.63, 3.8) is 0 Å². The second-order valence-electron chi connectivity index (χ2n) is 8.51. The first-order valence-corrected chi connectivity index (χ1v) is 12.7. The quantitative estimate of drug-likeness (QED) is 0.556. The van der Waals surface area contributed by atoms with Crippen molar-refractivity contribution in [3.8, 4) is 5.82 Å². The fraction of sp³-hybridized carbons (Fsp3) is 0.476. The molecule has 4 N–H and O–H groups in total. The van der Waals surface area contributed by atoms with E-state index in [1.807, 2.05) is 12.2 Å². The van der Waals surface area contributed by atoms with E-state index in [-0.39, 0.29) is 17.5 Å². The molecule has 1 fully saturated rings. The van der Waals surface area contributed by atoms with Crippen molar-refractivity contribution in [2.75, 3.05) is 26.0 Å². The summed E-state index contributed by atoms with van der Waals surface area (Å²) in [5.41, 5.74) is 1.10. The van der Waals surface area contributed by atoms with Gasteiger partial charge < -0.3 is 9.64 Å². The van der Waals surface area contributed by atoms with E-state index in [1.54, 1.807) is 16.9 Å². The number of aromatic nitrogens is 4. The molecule has 5 rings (SSSR count). The van der Waals surface area contributed by atoms with Gasteiger partial charge in [0.25, 0.3) is 5.56 Å². The van der Waals surface area contributed by atoms with E-state index < -0.39 is 10.6 Å². The van der Waals surface area contributed by atoms with E-state index in [2.05, 4.69) is 27.1 Å². The number of H-pyrrole nitrogens is 2. The number of nitrogens with one attached hydrogen (secondary N) is 2. The summed E-state index contributed by atoms with van der Waals surface area (Å²) in [6.45, 7) is 4.04. The Hall–Kier alpha value is -2.60. The van der Waals surface area contributed by atoms with E-state index in [0.29, 0.717) is 54.7 Å². The van der Waals surface area contributed by atoms with Gasteiger partial charge in [-0.1, -0.05) is 12.2 Å². The summed E-state index contributed by atoms with van der Waals surface area (Å²) in [5.74, 6) is 1.65. The van der Waals surface area contributed by atoms with E-state index in [1.165, 1.54) is 6.26 Å². The van der Waals surface area contributed by atoms with E-state index >= 15 is 0 Å². The first-order valence-electron chi connectivity index (χ1n) is 10.7. The van der Waals surface area contributed by atoms with E-state index in [9.17, 15) is 13.9 Å². The fourth-order valence-corrected chi connectivity index (χ4v) is 5.97. The summed E-state index contributed by atoms with van der Waals surface area (Å²) < 4.78 is 28.3. The monoisotopic (exact) mass is 460 g/mol. The van der Waals surface area contributed by atoms with Gasteiger partial charge in [-0.25, -0.2) is 9.67 Å². The number of nitrogens with zero attached hydrogens (tertiary/aromatic N) is 4. The topological polar surface area (TPSA) is 132 Å². The predicted octanol–water partition coefficient (Wildman–Crippen LogP) is 3.11. The fourth-order valence-electron chi connectivity index (χ4n) is 4.81. The van der Waals surface area contributed by atoms with Crippen LogP contribution in [0.3, 0.4) is 0 Å². The van der Waals surface area contributed by atoms with Crippen LogP contribution in [0.1, 0.15) is 37.7 Å². The van der Waals surface area contributed by atoms with Crippen molar-refractivity contribution in [3.05, 3.63) is 50.8 Å². The highest BCUT2D eigenvalue weighted by Crippen LogP contribution is 2.53. The summed E-state index contributed by atoms with van der Waals surface area (Å²) in [7, 11) is -2.91. The second-order valence-corrected chi connectivity index (χ2v) is 10.7. The van der Waals surface area contributed by atoms with Crippen LogP contribution in [-0.4, -0.2) is 71.9 Å². The molecule has 4 heterocycles. The summed E-state index contributed by atoms with van der Waals surface area (Å²) in [5, 5.41) is 9.78. The number of aromatic amines is 2. The number of rotatable bonds is 3. The highest BCUT2D eigenvalue weighted by Gasteiger charge is 2.37. The molecule has 0 spiro atoms. The highest BCUT2D eigenvalue weighted by atomic mass is 32.3. The van der Waals surface area contributed by atoms with Crippen LogP contribution in [0.2, 0.25) is 0 Å². The molecule has 0 amide bonds. The van der Waals surface area contributed by atoms with E-state index in [4.69, 9.17) is 9.73 Å². The van der Waals surface area contributed by atoms with Crippen LogP contribution in [-0.2, 0) is 4.74 Å². The molecule has 2 aromatic rings. The van der Waals surface area contributed by atoms with Crippen molar-refractivity contribution >= 4 is 22.2 Å². The van der Waals surface area contributed by atoms with Gasteiger partial charge >= 0.3 is 0 Å². The number of allylic oxidation sites excluding steroid dienone is 4. The lowest BCUT2D eigenvalue weighted by atomic mass is 9.84. The molecule has 0 radical (unpaired) electrons. The highest BCUT2D eigenvalue weighted by molar-refractivity contribution is 8.27. The zero-order chi connectivity index (χ0) is 22.5. The lowest BCUT2D eigenvalue weighted by molar-refractivity contribution is 0.0321. The SMILES string of the molecule is C[C@@H]1COCCN1C1=Nc2c(c(=O)[nH]n2-c2ccn[nH]2)C(C2=C(S(C)(O)O)CCC=C2)C1. The molecular weight excluding hydrogens is 432 g/mol.